The van der Waals surface area contributed by atoms with Crippen molar-refractivity contribution < 1.29 is 5.11 Å². The highest BCUT2D eigenvalue weighted by Gasteiger charge is 2.38. The summed E-state index contributed by atoms with van der Waals surface area (Å²) in [4.78, 5) is 4.89. The number of aromatic nitrogens is 2. The monoisotopic (exact) mass is 408 g/mol. The van der Waals surface area contributed by atoms with Crippen LogP contribution in [0.2, 0.25) is 0 Å². The SMILES string of the molecule is OC1CCC(c2cn(C(c3ccccc3)(c3ccccc3)c3ccccc3)cn2)CC1. The molecule has 1 heterocycles. The number of nitrogens with zero attached hydrogens (tertiary/aromatic N) is 2. The molecule has 156 valence electrons. The number of rotatable bonds is 5. The Morgan fingerprint density at radius 2 is 1.13 bits per heavy atom. The van der Waals surface area contributed by atoms with E-state index in [2.05, 4.69) is 102 Å². The number of imidazole rings is 1. The standard InChI is InChI=1S/C28H28N2O/c31-26-18-16-22(17-19-26)27-20-30(21-29-27)28(23-10-4-1-5-11-23,24-12-6-2-7-13-24)25-14-8-3-9-15-25/h1-15,20-22,26,31H,16-19H2. The van der Waals surface area contributed by atoms with Crippen molar-refractivity contribution in [3.05, 3.63) is 126 Å². The van der Waals surface area contributed by atoms with Gasteiger partial charge >= 0.3 is 0 Å². The molecule has 1 aliphatic carbocycles. The van der Waals surface area contributed by atoms with Crippen molar-refractivity contribution in [1.82, 2.24) is 9.55 Å². The van der Waals surface area contributed by atoms with Crippen LogP contribution in [0.4, 0.5) is 0 Å². The third-order valence-corrected chi connectivity index (χ3v) is 6.68. The van der Waals surface area contributed by atoms with Crippen LogP contribution in [0.25, 0.3) is 0 Å². The van der Waals surface area contributed by atoms with Gasteiger partial charge in [0.15, 0.2) is 0 Å². The number of aliphatic hydroxyl groups excluding tert-OH is 1. The molecule has 1 aromatic heterocycles. The van der Waals surface area contributed by atoms with E-state index in [1.54, 1.807) is 0 Å². The van der Waals surface area contributed by atoms with Gasteiger partial charge in [-0.15, -0.1) is 0 Å². The lowest BCUT2D eigenvalue weighted by molar-refractivity contribution is 0.122. The van der Waals surface area contributed by atoms with Gasteiger partial charge in [0, 0.05) is 12.1 Å². The van der Waals surface area contributed by atoms with Crippen molar-refractivity contribution in [3.8, 4) is 0 Å². The molecule has 4 aromatic rings. The average Bonchev–Trinajstić information content (AvgIpc) is 3.33. The quantitative estimate of drug-likeness (QED) is 0.428. The molecule has 1 aliphatic rings. The smallest absolute Gasteiger partial charge is 0.121 e. The zero-order chi connectivity index (χ0) is 21.1. The summed E-state index contributed by atoms with van der Waals surface area (Å²) in [5.74, 6) is 0.407. The molecule has 0 aliphatic heterocycles. The van der Waals surface area contributed by atoms with E-state index in [0.29, 0.717) is 5.92 Å². The minimum Gasteiger partial charge on any atom is -0.393 e. The van der Waals surface area contributed by atoms with Crippen LogP contribution >= 0.6 is 0 Å². The first-order valence-electron chi connectivity index (χ1n) is 11.2. The van der Waals surface area contributed by atoms with Crippen molar-refractivity contribution in [2.24, 2.45) is 0 Å². The number of hydrogen-bond acceptors (Lipinski definition) is 2. The number of benzene rings is 3. The minimum atomic E-state index is -0.511. The normalized spacial score (nSPS) is 19.3. The zero-order valence-electron chi connectivity index (χ0n) is 17.6. The van der Waals surface area contributed by atoms with Crippen LogP contribution < -0.4 is 0 Å². The lowest BCUT2D eigenvalue weighted by atomic mass is 9.76. The maximum Gasteiger partial charge on any atom is 0.121 e. The third kappa shape index (κ3) is 3.60. The molecular formula is C28H28N2O. The van der Waals surface area contributed by atoms with Crippen LogP contribution in [0.15, 0.2) is 104 Å². The molecule has 0 unspecified atom stereocenters. The molecule has 0 spiro atoms. The van der Waals surface area contributed by atoms with E-state index in [1.807, 2.05) is 6.33 Å². The van der Waals surface area contributed by atoms with Gasteiger partial charge < -0.3 is 9.67 Å². The van der Waals surface area contributed by atoms with E-state index in [-0.39, 0.29) is 6.10 Å². The first-order chi connectivity index (χ1) is 15.3. The highest BCUT2D eigenvalue weighted by atomic mass is 16.3. The Balaban J connectivity index is 1.71. The van der Waals surface area contributed by atoms with Gasteiger partial charge in [-0.05, 0) is 42.4 Å². The van der Waals surface area contributed by atoms with Crippen LogP contribution in [0.3, 0.4) is 0 Å². The second-order valence-corrected chi connectivity index (χ2v) is 8.52. The zero-order valence-corrected chi connectivity index (χ0v) is 17.6. The van der Waals surface area contributed by atoms with Crippen molar-refractivity contribution >= 4 is 0 Å². The molecule has 0 saturated heterocycles. The molecule has 1 saturated carbocycles. The van der Waals surface area contributed by atoms with Crippen LogP contribution in [0, 0.1) is 0 Å². The summed E-state index contributed by atoms with van der Waals surface area (Å²) in [6.07, 6.45) is 7.77. The fourth-order valence-corrected chi connectivity index (χ4v) is 5.09. The third-order valence-electron chi connectivity index (χ3n) is 6.68. The van der Waals surface area contributed by atoms with E-state index >= 15 is 0 Å². The van der Waals surface area contributed by atoms with Gasteiger partial charge in [-0.2, -0.15) is 0 Å². The summed E-state index contributed by atoms with van der Waals surface area (Å²) in [5, 5.41) is 9.93. The van der Waals surface area contributed by atoms with Crippen LogP contribution in [0.5, 0.6) is 0 Å². The minimum absolute atomic E-state index is 0.157. The maximum atomic E-state index is 9.93. The Morgan fingerprint density at radius 3 is 1.58 bits per heavy atom. The van der Waals surface area contributed by atoms with Crippen molar-refractivity contribution in [1.29, 1.82) is 0 Å². The van der Waals surface area contributed by atoms with Gasteiger partial charge in [0.2, 0.25) is 0 Å². The molecule has 3 heteroatoms. The van der Waals surface area contributed by atoms with Gasteiger partial charge in [-0.1, -0.05) is 91.0 Å². The van der Waals surface area contributed by atoms with E-state index < -0.39 is 5.54 Å². The molecule has 1 N–H and O–H groups in total. The molecule has 0 radical (unpaired) electrons. The van der Waals surface area contributed by atoms with E-state index in [9.17, 15) is 5.11 Å². The molecule has 0 atom stereocenters. The summed E-state index contributed by atoms with van der Waals surface area (Å²) in [7, 11) is 0. The molecule has 0 amide bonds. The van der Waals surface area contributed by atoms with Crippen LogP contribution in [-0.4, -0.2) is 20.8 Å². The second kappa shape index (κ2) is 8.52. The molecule has 3 nitrogen and oxygen atoms in total. The predicted octanol–water partition coefficient (Wildman–Crippen LogP) is 5.74. The topological polar surface area (TPSA) is 38.0 Å². The first-order valence-corrected chi connectivity index (χ1v) is 11.2. The Morgan fingerprint density at radius 1 is 0.677 bits per heavy atom. The molecule has 5 rings (SSSR count). The highest BCUT2D eigenvalue weighted by molar-refractivity contribution is 5.50. The van der Waals surface area contributed by atoms with Crippen molar-refractivity contribution in [3.63, 3.8) is 0 Å². The first kappa shape index (κ1) is 19.8. The maximum absolute atomic E-state index is 9.93. The largest absolute Gasteiger partial charge is 0.393 e. The molecular weight excluding hydrogens is 380 g/mol. The summed E-state index contributed by atoms with van der Waals surface area (Å²) in [6.45, 7) is 0. The van der Waals surface area contributed by atoms with Gasteiger partial charge in [-0.25, -0.2) is 4.98 Å². The Kier molecular flexibility index (Phi) is 5.44. The van der Waals surface area contributed by atoms with Gasteiger partial charge in [0.1, 0.15) is 5.54 Å². The fraction of sp³-hybridized carbons (Fsp3) is 0.250. The molecule has 1 fully saturated rings. The lowest BCUT2D eigenvalue weighted by Gasteiger charge is -2.37. The average molecular weight is 409 g/mol. The Hall–Kier alpha value is -3.17. The fourth-order valence-electron chi connectivity index (χ4n) is 5.09. The molecule has 0 bridgehead atoms. The van der Waals surface area contributed by atoms with E-state index in [0.717, 1.165) is 31.4 Å². The summed E-state index contributed by atoms with van der Waals surface area (Å²) >= 11 is 0. The highest BCUT2D eigenvalue weighted by Crippen LogP contribution is 2.42. The van der Waals surface area contributed by atoms with E-state index in [4.69, 9.17) is 4.98 Å². The summed E-state index contributed by atoms with van der Waals surface area (Å²) < 4.78 is 2.29. The van der Waals surface area contributed by atoms with Gasteiger partial charge in [0.05, 0.1) is 18.1 Å². The predicted molar refractivity (Wildman–Crippen MR) is 124 cm³/mol. The second-order valence-electron chi connectivity index (χ2n) is 8.52. The van der Waals surface area contributed by atoms with E-state index in [1.165, 1.54) is 16.7 Å². The Labute approximate surface area is 184 Å². The van der Waals surface area contributed by atoms with Crippen LogP contribution in [-0.2, 0) is 5.54 Å². The van der Waals surface area contributed by atoms with Crippen molar-refractivity contribution in [2.75, 3.05) is 0 Å². The number of aliphatic hydroxyl groups is 1. The molecule has 31 heavy (non-hydrogen) atoms. The number of hydrogen-bond donors (Lipinski definition) is 1. The molecule has 3 aromatic carbocycles. The lowest BCUT2D eigenvalue weighted by Crippen LogP contribution is -2.37. The van der Waals surface area contributed by atoms with Crippen LogP contribution in [0.1, 0.15) is 54.0 Å². The Bertz CT molecular complexity index is 1000. The van der Waals surface area contributed by atoms with Gasteiger partial charge in [0.25, 0.3) is 0 Å². The summed E-state index contributed by atoms with van der Waals surface area (Å²) in [6, 6.07) is 32.1. The van der Waals surface area contributed by atoms with Crippen molar-refractivity contribution in [2.45, 2.75) is 43.2 Å². The summed E-state index contributed by atoms with van der Waals surface area (Å²) in [5.41, 5.74) is 4.23. The van der Waals surface area contributed by atoms with Gasteiger partial charge in [-0.3, -0.25) is 0 Å².